The van der Waals surface area contributed by atoms with Gasteiger partial charge in [-0.2, -0.15) is 0 Å². The topological polar surface area (TPSA) is 32.3 Å². The summed E-state index contributed by atoms with van der Waals surface area (Å²) in [6.07, 6.45) is 0.589. The van der Waals surface area contributed by atoms with Crippen LogP contribution in [0.2, 0.25) is 0 Å². The molecule has 2 unspecified atom stereocenters. The average Bonchev–Trinajstić information content (AvgIpc) is 3.02. The Morgan fingerprint density at radius 2 is 2.05 bits per heavy atom. The molecule has 1 aliphatic carbocycles. The van der Waals surface area contributed by atoms with Crippen LogP contribution in [-0.2, 0) is 11.3 Å². The lowest BCUT2D eigenvalue weighted by atomic mass is 9.95. The number of hydrogen-bond donors (Lipinski definition) is 1. The zero-order valence-corrected chi connectivity index (χ0v) is 12.6. The van der Waals surface area contributed by atoms with Gasteiger partial charge >= 0.3 is 0 Å². The summed E-state index contributed by atoms with van der Waals surface area (Å²) in [6, 6.07) is 10.0. The van der Waals surface area contributed by atoms with E-state index in [4.69, 9.17) is 0 Å². The first-order valence-corrected chi connectivity index (χ1v) is 7.81. The Morgan fingerprint density at radius 3 is 2.71 bits per heavy atom. The maximum absolute atomic E-state index is 14.0. The average molecular weight is 290 g/mol. The lowest BCUT2D eigenvalue weighted by Gasteiger charge is -2.38. The summed E-state index contributed by atoms with van der Waals surface area (Å²) >= 11 is 0. The molecule has 1 saturated carbocycles. The number of carbonyl (C=O) groups excluding carboxylic acids is 1. The quantitative estimate of drug-likeness (QED) is 0.924. The van der Waals surface area contributed by atoms with Gasteiger partial charge in [0.25, 0.3) is 0 Å². The lowest BCUT2D eigenvalue weighted by molar-refractivity contribution is -0.130. The van der Waals surface area contributed by atoms with Crippen LogP contribution >= 0.6 is 0 Å². The molecule has 0 aromatic heterocycles. The summed E-state index contributed by atoms with van der Waals surface area (Å²) in [5, 5.41) is 2.98. The van der Waals surface area contributed by atoms with E-state index in [1.165, 1.54) is 0 Å². The fraction of sp³-hybridized carbons (Fsp3) is 0.588. The van der Waals surface area contributed by atoms with Crippen molar-refractivity contribution in [2.45, 2.75) is 57.5 Å². The Labute approximate surface area is 125 Å². The van der Waals surface area contributed by atoms with E-state index >= 15 is 0 Å². The maximum Gasteiger partial charge on any atom is 0.238 e. The highest BCUT2D eigenvalue weighted by Gasteiger charge is 2.55. The molecule has 2 aliphatic rings. The summed E-state index contributed by atoms with van der Waals surface area (Å²) < 4.78 is 14.0. The first-order valence-electron chi connectivity index (χ1n) is 7.81. The van der Waals surface area contributed by atoms with Crippen LogP contribution < -0.4 is 5.32 Å². The van der Waals surface area contributed by atoms with Crippen LogP contribution in [0.5, 0.6) is 0 Å². The smallest absolute Gasteiger partial charge is 0.238 e. The van der Waals surface area contributed by atoms with Crippen molar-refractivity contribution >= 4 is 5.91 Å². The summed E-state index contributed by atoms with van der Waals surface area (Å²) in [5.41, 5.74) is 1.07. The van der Waals surface area contributed by atoms with E-state index in [0.29, 0.717) is 13.0 Å². The molecule has 4 atom stereocenters. The Kier molecular flexibility index (Phi) is 3.98. The monoisotopic (exact) mass is 290 g/mol. The van der Waals surface area contributed by atoms with Crippen molar-refractivity contribution in [1.82, 2.24) is 10.2 Å². The molecule has 1 aromatic carbocycles. The summed E-state index contributed by atoms with van der Waals surface area (Å²) in [7, 11) is 0. The van der Waals surface area contributed by atoms with Gasteiger partial charge in [0, 0.05) is 24.5 Å². The number of rotatable bonds is 4. The van der Waals surface area contributed by atoms with E-state index in [1.54, 1.807) is 0 Å². The Bertz CT molecular complexity index is 505. The minimum absolute atomic E-state index is 0.0256. The molecule has 2 bridgehead atoms. The van der Waals surface area contributed by atoms with Crippen molar-refractivity contribution in [3.63, 3.8) is 0 Å². The van der Waals surface area contributed by atoms with Crippen LogP contribution in [0.3, 0.4) is 0 Å². The van der Waals surface area contributed by atoms with E-state index in [0.717, 1.165) is 12.0 Å². The molecule has 1 heterocycles. The van der Waals surface area contributed by atoms with Gasteiger partial charge in [-0.25, -0.2) is 4.39 Å². The highest BCUT2D eigenvalue weighted by Crippen LogP contribution is 2.45. The number of carbonyl (C=O) groups is 1. The summed E-state index contributed by atoms with van der Waals surface area (Å²) in [4.78, 5) is 14.8. The minimum atomic E-state index is -0.822. The third-order valence-corrected chi connectivity index (χ3v) is 4.83. The number of nitrogens with one attached hydrogen (secondary N) is 1. The molecule has 1 saturated heterocycles. The largest absolute Gasteiger partial charge is 0.351 e. The zero-order chi connectivity index (χ0) is 15.0. The Balaban J connectivity index is 1.68. The maximum atomic E-state index is 14.0. The molecule has 3 rings (SSSR count). The molecule has 21 heavy (non-hydrogen) atoms. The molecule has 4 heteroatoms. The normalized spacial score (nSPS) is 31.8. The van der Waals surface area contributed by atoms with Crippen LogP contribution in [0, 0.1) is 5.92 Å². The first kappa shape index (κ1) is 14.5. The number of benzene rings is 1. The van der Waals surface area contributed by atoms with Crippen LogP contribution in [0.4, 0.5) is 4.39 Å². The Morgan fingerprint density at radius 1 is 1.33 bits per heavy atom. The highest BCUT2D eigenvalue weighted by atomic mass is 19.1. The second kappa shape index (κ2) is 5.76. The van der Waals surface area contributed by atoms with Crippen molar-refractivity contribution in [3.05, 3.63) is 35.9 Å². The van der Waals surface area contributed by atoms with Crippen molar-refractivity contribution in [3.8, 4) is 0 Å². The SMILES string of the molecule is CC(C)N1C2CC([C@H](F)C2)[C@@H]1C(=O)NCc1ccccc1. The Hall–Kier alpha value is -1.42. The van der Waals surface area contributed by atoms with Gasteiger partial charge in [-0.1, -0.05) is 30.3 Å². The number of piperidine rings is 1. The van der Waals surface area contributed by atoms with Crippen LogP contribution in [-0.4, -0.2) is 35.1 Å². The predicted octanol–water partition coefficient (Wildman–Crippen LogP) is 2.51. The fourth-order valence-corrected chi connectivity index (χ4v) is 3.97. The molecule has 1 aliphatic heterocycles. The molecule has 0 spiro atoms. The van der Waals surface area contributed by atoms with Gasteiger partial charge in [0.15, 0.2) is 0 Å². The molecule has 1 aromatic rings. The van der Waals surface area contributed by atoms with E-state index < -0.39 is 6.17 Å². The van der Waals surface area contributed by atoms with Gasteiger partial charge in [0.05, 0.1) is 6.04 Å². The second-order valence-electron chi connectivity index (χ2n) is 6.49. The van der Waals surface area contributed by atoms with Gasteiger partial charge in [-0.15, -0.1) is 0 Å². The molecule has 3 nitrogen and oxygen atoms in total. The van der Waals surface area contributed by atoms with Gasteiger partial charge in [-0.3, -0.25) is 9.69 Å². The van der Waals surface area contributed by atoms with E-state index in [9.17, 15) is 9.18 Å². The van der Waals surface area contributed by atoms with E-state index in [2.05, 4.69) is 24.1 Å². The molecular weight excluding hydrogens is 267 g/mol. The number of hydrogen-bond acceptors (Lipinski definition) is 2. The molecular formula is C17H23FN2O. The zero-order valence-electron chi connectivity index (χ0n) is 12.6. The van der Waals surface area contributed by atoms with Crippen molar-refractivity contribution in [2.75, 3.05) is 0 Å². The first-order chi connectivity index (χ1) is 10.1. The molecule has 114 valence electrons. The third-order valence-electron chi connectivity index (χ3n) is 4.83. The fourth-order valence-electron chi connectivity index (χ4n) is 3.97. The van der Waals surface area contributed by atoms with Crippen LogP contribution in [0.25, 0.3) is 0 Å². The number of amides is 1. The lowest BCUT2D eigenvalue weighted by Crippen LogP contribution is -2.55. The number of alkyl halides is 1. The molecule has 2 fully saturated rings. The standard InChI is InChI=1S/C17H23FN2O/c1-11(2)20-13-8-14(15(18)9-13)16(20)17(21)19-10-12-6-4-3-5-7-12/h3-7,11,13-16H,8-10H2,1-2H3,(H,19,21)/t13?,14?,15-,16-/m1/s1. The second-order valence-corrected chi connectivity index (χ2v) is 6.49. The van der Waals surface area contributed by atoms with Crippen LogP contribution in [0.1, 0.15) is 32.3 Å². The van der Waals surface area contributed by atoms with Crippen LogP contribution in [0.15, 0.2) is 30.3 Å². The highest BCUT2D eigenvalue weighted by molar-refractivity contribution is 5.83. The van der Waals surface area contributed by atoms with Gasteiger partial charge < -0.3 is 5.32 Å². The van der Waals surface area contributed by atoms with Crippen molar-refractivity contribution in [2.24, 2.45) is 5.92 Å². The summed E-state index contributed by atoms with van der Waals surface area (Å²) in [6.45, 7) is 4.69. The van der Waals surface area contributed by atoms with Crippen molar-refractivity contribution in [1.29, 1.82) is 0 Å². The number of nitrogens with zero attached hydrogens (tertiary/aromatic N) is 1. The molecule has 1 N–H and O–H groups in total. The summed E-state index contributed by atoms with van der Waals surface area (Å²) in [5.74, 6) is -0.157. The third kappa shape index (κ3) is 2.69. The van der Waals surface area contributed by atoms with Gasteiger partial charge in [0.1, 0.15) is 6.17 Å². The van der Waals surface area contributed by atoms with Gasteiger partial charge in [-0.05, 0) is 32.3 Å². The van der Waals surface area contributed by atoms with Crippen molar-refractivity contribution < 1.29 is 9.18 Å². The number of fused-ring (bicyclic) bond motifs is 2. The number of likely N-dealkylation sites (tertiary alicyclic amines) is 1. The van der Waals surface area contributed by atoms with E-state index in [-0.39, 0.29) is 30.0 Å². The predicted molar refractivity (Wildman–Crippen MR) is 80.5 cm³/mol. The number of halogens is 1. The molecule has 0 radical (unpaired) electrons. The van der Waals surface area contributed by atoms with Gasteiger partial charge in [0.2, 0.25) is 5.91 Å². The van der Waals surface area contributed by atoms with E-state index in [1.807, 2.05) is 30.3 Å². The molecule has 1 amide bonds. The minimum Gasteiger partial charge on any atom is -0.351 e.